The van der Waals surface area contributed by atoms with Crippen LogP contribution in [-0.4, -0.2) is 30.7 Å². The number of esters is 2. The first-order chi connectivity index (χ1) is 12.1. The molecule has 0 saturated carbocycles. The summed E-state index contributed by atoms with van der Waals surface area (Å²) in [4.78, 5) is 24.8. The zero-order chi connectivity index (χ0) is 18.0. The van der Waals surface area contributed by atoms with Crippen molar-refractivity contribution in [3.05, 3.63) is 68.9 Å². The molecule has 128 valence electrons. The maximum atomic E-state index is 12.5. The van der Waals surface area contributed by atoms with E-state index >= 15 is 0 Å². The minimum absolute atomic E-state index is 0.204. The molecule has 2 aromatic carbocycles. The van der Waals surface area contributed by atoms with E-state index in [1.54, 1.807) is 0 Å². The summed E-state index contributed by atoms with van der Waals surface area (Å²) in [5.41, 5.74) is 2.24. The fourth-order valence-corrected chi connectivity index (χ4v) is 3.35. The molecule has 0 amide bonds. The molecule has 1 aromatic heterocycles. The van der Waals surface area contributed by atoms with Crippen molar-refractivity contribution >= 4 is 45.4 Å². The number of nitrogens with zero attached hydrogens (tertiary/aromatic N) is 1. The molecule has 3 rings (SSSR count). The fraction of sp³-hybridized carbons (Fsp3) is 0.158. The third kappa shape index (κ3) is 3.26. The van der Waals surface area contributed by atoms with E-state index in [2.05, 4.69) is 22.6 Å². The van der Waals surface area contributed by atoms with E-state index in [4.69, 9.17) is 9.47 Å². The van der Waals surface area contributed by atoms with Crippen LogP contribution in [0.5, 0.6) is 0 Å². The number of ether oxygens (including phenoxy) is 2. The van der Waals surface area contributed by atoms with Gasteiger partial charge in [-0.3, -0.25) is 0 Å². The molecule has 0 unspecified atom stereocenters. The van der Waals surface area contributed by atoms with E-state index in [9.17, 15) is 9.59 Å². The Morgan fingerprint density at radius 3 is 2.32 bits per heavy atom. The van der Waals surface area contributed by atoms with Crippen molar-refractivity contribution in [3.63, 3.8) is 0 Å². The van der Waals surface area contributed by atoms with Gasteiger partial charge in [0.15, 0.2) is 0 Å². The molecule has 0 atom stereocenters. The van der Waals surface area contributed by atoms with Crippen molar-refractivity contribution in [2.75, 3.05) is 14.2 Å². The highest BCUT2D eigenvalue weighted by atomic mass is 127. The van der Waals surface area contributed by atoms with Gasteiger partial charge < -0.3 is 14.0 Å². The zero-order valence-electron chi connectivity index (χ0n) is 13.8. The van der Waals surface area contributed by atoms with Gasteiger partial charge in [0.05, 0.1) is 19.7 Å². The summed E-state index contributed by atoms with van der Waals surface area (Å²) >= 11 is 2.20. The van der Waals surface area contributed by atoms with Crippen molar-refractivity contribution in [2.24, 2.45) is 0 Å². The highest BCUT2D eigenvalue weighted by Gasteiger charge is 2.28. The molecular weight excluding hydrogens is 433 g/mol. The highest BCUT2D eigenvalue weighted by molar-refractivity contribution is 14.1. The number of fused-ring (bicyclic) bond motifs is 1. The molecule has 0 aliphatic heterocycles. The highest BCUT2D eigenvalue weighted by Crippen LogP contribution is 2.30. The standard InChI is InChI=1S/C19H16INO4/c1-24-18(22)16-14-9-8-13(20)10-15(14)21(17(16)19(23)25-2)11-12-6-4-3-5-7-12/h3-10H,11H2,1-2H3. The van der Waals surface area contributed by atoms with Gasteiger partial charge in [-0.25, -0.2) is 9.59 Å². The summed E-state index contributed by atoms with van der Waals surface area (Å²) in [5.74, 6) is -1.12. The summed E-state index contributed by atoms with van der Waals surface area (Å²) in [6, 6.07) is 15.4. The molecular formula is C19H16INO4. The number of hydrogen-bond donors (Lipinski definition) is 0. The summed E-state index contributed by atoms with van der Waals surface area (Å²) in [6.07, 6.45) is 0. The number of hydrogen-bond acceptors (Lipinski definition) is 4. The van der Waals surface area contributed by atoms with Gasteiger partial charge in [0.25, 0.3) is 0 Å². The normalized spacial score (nSPS) is 10.7. The lowest BCUT2D eigenvalue weighted by molar-refractivity contribution is 0.0549. The molecule has 0 N–H and O–H groups in total. The number of halogens is 1. The van der Waals surface area contributed by atoms with Gasteiger partial charge in [-0.05, 0) is 40.3 Å². The van der Waals surface area contributed by atoms with Crippen LogP contribution in [0.4, 0.5) is 0 Å². The van der Waals surface area contributed by atoms with Gasteiger partial charge in [0.2, 0.25) is 0 Å². The Kier molecular flexibility index (Phi) is 5.08. The predicted octanol–water partition coefficient (Wildman–Crippen LogP) is 3.87. The molecule has 1 heterocycles. The fourth-order valence-electron chi connectivity index (χ4n) is 2.87. The van der Waals surface area contributed by atoms with E-state index in [0.29, 0.717) is 11.9 Å². The average molecular weight is 449 g/mol. The maximum Gasteiger partial charge on any atom is 0.355 e. The smallest absolute Gasteiger partial charge is 0.355 e. The Balaban J connectivity index is 2.33. The largest absolute Gasteiger partial charge is 0.465 e. The molecule has 0 saturated heterocycles. The van der Waals surface area contributed by atoms with Crippen LogP contribution in [0.2, 0.25) is 0 Å². The van der Waals surface area contributed by atoms with Gasteiger partial charge in [0.1, 0.15) is 11.3 Å². The molecule has 0 spiro atoms. The SMILES string of the molecule is COC(=O)c1c(C(=O)OC)n(Cc2ccccc2)c2cc(I)ccc12. The Morgan fingerprint density at radius 1 is 1.00 bits per heavy atom. The Morgan fingerprint density at radius 2 is 1.68 bits per heavy atom. The van der Waals surface area contributed by atoms with Gasteiger partial charge in [-0.15, -0.1) is 0 Å². The number of aromatic nitrogens is 1. The summed E-state index contributed by atoms with van der Waals surface area (Å²) in [7, 11) is 2.61. The van der Waals surface area contributed by atoms with Gasteiger partial charge in [-0.1, -0.05) is 36.4 Å². The summed E-state index contributed by atoms with van der Waals surface area (Å²) < 4.78 is 12.7. The zero-order valence-corrected chi connectivity index (χ0v) is 15.9. The van der Waals surface area contributed by atoms with Crippen LogP contribution in [0.3, 0.4) is 0 Å². The van der Waals surface area contributed by atoms with Gasteiger partial charge in [0, 0.05) is 15.5 Å². The van der Waals surface area contributed by atoms with E-state index in [-0.39, 0.29) is 11.3 Å². The van der Waals surface area contributed by atoms with Crippen molar-refractivity contribution in [2.45, 2.75) is 6.54 Å². The van der Waals surface area contributed by atoms with E-state index < -0.39 is 11.9 Å². The monoisotopic (exact) mass is 449 g/mol. The lowest BCUT2D eigenvalue weighted by Gasteiger charge is -2.10. The number of carbonyl (C=O) groups is 2. The molecule has 0 radical (unpaired) electrons. The Bertz CT molecular complexity index is 947. The predicted molar refractivity (Wildman–Crippen MR) is 103 cm³/mol. The summed E-state index contributed by atoms with van der Waals surface area (Å²) in [6.45, 7) is 0.443. The molecule has 0 fully saturated rings. The van der Waals surface area contributed by atoms with Crippen LogP contribution < -0.4 is 0 Å². The lowest BCUT2D eigenvalue weighted by atomic mass is 10.1. The lowest BCUT2D eigenvalue weighted by Crippen LogP contribution is -2.16. The second-order valence-corrected chi connectivity index (χ2v) is 6.69. The minimum Gasteiger partial charge on any atom is -0.465 e. The number of methoxy groups -OCH3 is 2. The first kappa shape index (κ1) is 17.5. The number of rotatable bonds is 4. The molecule has 0 bridgehead atoms. The topological polar surface area (TPSA) is 57.5 Å². The third-order valence-corrected chi connectivity index (χ3v) is 4.65. The van der Waals surface area contributed by atoms with Gasteiger partial charge in [-0.2, -0.15) is 0 Å². The average Bonchev–Trinajstić information content (AvgIpc) is 2.94. The van der Waals surface area contributed by atoms with Crippen LogP contribution in [0, 0.1) is 3.57 Å². The molecule has 25 heavy (non-hydrogen) atoms. The van der Waals surface area contributed by atoms with Crippen LogP contribution >= 0.6 is 22.6 Å². The summed E-state index contributed by atoms with van der Waals surface area (Å²) in [5, 5.41) is 0.670. The first-order valence-corrected chi connectivity index (χ1v) is 8.67. The number of benzene rings is 2. The van der Waals surface area contributed by atoms with Crippen molar-refractivity contribution in [1.82, 2.24) is 4.57 Å². The van der Waals surface area contributed by atoms with Crippen molar-refractivity contribution in [1.29, 1.82) is 0 Å². The van der Waals surface area contributed by atoms with Crippen LogP contribution in [-0.2, 0) is 16.0 Å². The molecule has 5 nitrogen and oxygen atoms in total. The van der Waals surface area contributed by atoms with E-state index in [1.165, 1.54) is 14.2 Å². The van der Waals surface area contributed by atoms with Crippen LogP contribution in [0.1, 0.15) is 26.4 Å². The molecule has 0 aliphatic rings. The molecule has 6 heteroatoms. The second kappa shape index (κ2) is 7.26. The quantitative estimate of drug-likeness (QED) is 0.449. The van der Waals surface area contributed by atoms with E-state index in [0.717, 1.165) is 14.7 Å². The third-order valence-electron chi connectivity index (χ3n) is 3.98. The van der Waals surface area contributed by atoms with Crippen molar-refractivity contribution in [3.8, 4) is 0 Å². The second-order valence-electron chi connectivity index (χ2n) is 5.44. The van der Waals surface area contributed by atoms with Crippen LogP contribution in [0.15, 0.2) is 48.5 Å². The number of carbonyl (C=O) groups excluding carboxylic acids is 2. The van der Waals surface area contributed by atoms with Crippen molar-refractivity contribution < 1.29 is 19.1 Å². The molecule has 3 aromatic rings. The van der Waals surface area contributed by atoms with Gasteiger partial charge >= 0.3 is 11.9 Å². The van der Waals surface area contributed by atoms with E-state index in [1.807, 2.05) is 53.1 Å². The Hall–Kier alpha value is -2.35. The molecule has 0 aliphatic carbocycles. The first-order valence-electron chi connectivity index (χ1n) is 7.59. The van der Waals surface area contributed by atoms with Crippen LogP contribution in [0.25, 0.3) is 10.9 Å². The Labute approximate surface area is 158 Å². The minimum atomic E-state index is -0.567. The maximum absolute atomic E-state index is 12.5.